The van der Waals surface area contributed by atoms with Gasteiger partial charge in [-0.1, -0.05) is 26.7 Å². The average molecular weight is 284 g/mol. The van der Waals surface area contributed by atoms with Crippen LogP contribution < -0.4 is 5.32 Å². The fourth-order valence-corrected chi connectivity index (χ4v) is 2.77. The first kappa shape index (κ1) is 16.8. The molecule has 5 heteroatoms. The maximum absolute atomic E-state index is 12.4. The van der Waals surface area contributed by atoms with Crippen LogP contribution >= 0.6 is 0 Å². The highest BCUT2D eigenvalue weighted by Crippen LogP contribution is 2.29. The number of carboxylic acids is 1. The van der Waals surface area contributed by atoms with Crippen molar-refractivity contribution >= 4 is 12.0 Å². The number of aliphatic carboxylic acids is 1. The monoisotopic (exact) mass is 284 g/mol. The zero-order valence-corrected chi connectivity index (χ0v) is 13.3. The number of nitrogens with zero attached hydrogens (tertiary/aromatic N) is 1. The van der Waals surface area contributed by atoms with Crippen LogP contribution in [0.5, 0.6) is 0 Å². The summed E-state index contributed by atoms with van der Waals surface area (Å²) in [6.45, 7) is 9.65. The number of hydrogen-bond acceptors (Lipinski definition) is 2. The molecule has 1 rings (SSSR count). The number of carboxylic acid groups (broad SMARTS) is 1. The van der Waals surface area contributed by atoms with Gasteiger partial charge in [-0.25, -0.2) is 4.79 Å². The van der Waals surface area contributed by atoms with Crippen molar-refractivity contribution in [3.8, 4) is 0 Å². The van der Waals surface area contributed by atoms with Crippen molar-refractivity contribution < 1.29 is 14.7 Å². The van der Waals surface area contributed by atoms with Crippen molar-refractivity contribution in [2.45, 2.75) is 65.5 Å². The molecule has 1 aliphatic rings. The molecule has 0 aromatic heterocycles. The SMILES string of the molecule is CC1CCCC(NC(=O)N(CC(=O)O)C(C)(C)C)C1C. The van der Waals surface area contributed by atoms with Crippen molar-refractivity contribution in [3.63, 3.8) is 0 Å². The van der Waals surface area contributed by atoms with Crippen molar-refractivity contribution in [1.29, 1.82) is 0 Å². The minimum Gasteiger partial charge on any atom is -0.480 e. The predicted molar refractivity (Wildman–Crippen MR) is 78.6 cm³/mol. The molecule has 20 heavy (non-hydrogen) atoms. The largest absolute Gasteiger partial charge is 0.480 e. The van der Waals surface area contributed by atoms with Crippen molar-refractivity contribution in [1.82, 2.24) is 10.2 Å². The van der Waals surface area contributed by atoms with Gasteiger partial charge in [-0.3, -0.25) is 4.79 Å². The molecule has 5 nitrogen and oxygen atoms in total. The first-order valence-corrected chi connectivity index (χ1v) is 7.43. The number of urea groups is 1. The topological polar surface area (TPSA) is 69.6 Å². The summed E-state index contributed by atoms with van der Waals surface area (Å²) in [4.78, 5) is 24.7. The fraction of sp³-hybridized carbons (Fsp3) is 0.867. The third-order valence-corrected chi connectivity index (χ3v) is 4.36. The van der Waals surface area contributed by atoms with Crippen molar-refractivity contribution in [3.05, 3.63) is 0 Å². The van der Waals surface area contributed by atoms with E-state index in [2.05, 4.69) is 19.2 Å². The summed E-state index contributed by atoms with van der Waals surface area (Å²) in [7, 11) is 0. The van der Waals surface area contributed by atoms with Crippen LogP contribution in [0.2, 0.25) is 0 Å². The average Bonchev–Trinajstić information content (AvgIpc) is 2.30. The van der Waals surface area contributed by atoms with E-state index < -0.39 is 11.5 Å². The van der Waals surface area contributed by atoms with Gasteiger partial charge in [0.05, 0.1) is 0 Å². The Morgan fingerprint density at radius 2 is 1.85 bits per heavy atom. The Morgan fingerprint density at radius 3 is 2.35 bits per heavy atom. The molecule has 3 atom stereocenters. The van der Waals surface area contributed by atoms with Crippen LogP contribution in [0.4, 0.5) is 4.79 Å². The number of carbonyl (C=O) groups excluding carboxylic acids is 1. The molecule has 0 spiro atoms. The van der Waals surface area contributed by atoms with Gasteiger partial charge in [0.1, 0.15) is 6.54 Å². The van der Waals surface area contributed by atoms with Crippen LogP contribution in [0.25, 0.3) is 0 Å². The fourth-order valence-electron chi connectivity index (χ4n) is 2.77. The highest BCUT2D eigenvalue weighted by Gasteiger charge is 2.33. The molecule has 0 saturated heterocycles. The quantitative estimate of drug-likeness (QED) is 0.837. The number of amides is 2. The van der Waals surface area contributed by atoms with E-state index >= 15 is 0 Å². The van der Waals surface area contributed by atoms with Crippen molar-refractivity contribution in [2.24, 2.45) is 11.8 Å². The molecule has 0 radical (unpaired) electrons. The van der Waals surface area contributed by atoms with Gasteiger partial charge < -0.3 is 15.3 Å². The van der Waals surface area contributed by atoms with Crippen LogP contribution in [-0.2, 0) is 4.79 Å². The van der Waals surface area contributed by atoms with E-state index in [1.54, 1.807) is 0 Å². The van der Waals surface area contributed by atoms with Crippen LogP contribution in [0.3, 0.4) is 0 Å². The molecule has 1 saturated carbocycles. The van der Waals surface area contributed by atoms with Gasteiger partial charge in [0.2, 0.25) is 0 Å². The number of hydrogen-bond donors (Lipinski definition) is 2. The molecule has 1 aliphatic carbocycles. The molecule has 0 aromatic rings. The zero-order chi connectivity index (χ0) is 15.5. The Hall–Kier alpha value is -1.26. The lowest BCUT2D eigenvalue weighted by atomic mass is 9.78. The first-order chi connectivity index (χ1) is 9.12. The second-order valence-electron chi connectivity index (χ2n) is 6.97. The van der Waals surface area contributed by atoms with E-state index in [1.165, 1.54) is 11.3 Å². The first-order valence-electron chi connectivity index (χ1n) is 7.43. The lowest BCUT2D eigenvalue weighted by Gasteiger charge is -2.39. The number of carbonyl (C=O) groups is 2. The molecule has 2 N–H and O–H groups in total. The number of rotatable bonds is 3. The van der Waals surface area contributed by atoms with Gasteiger partial charge in [-0.05, 0) is 39.0 Å². The minimum absolute atomic E-state index is 0.143. The molecule has 0 aliphatic heterocycles. The molecule has 0 bridgehead atoms. The summed E-state index contributed by atoms with van der Waals surface area (Å²) < 4.78 is 0. The zero-order valence-electron chi connectivity index (χ0n) is 13.3. The van der Waals surface area contributed by atoms with Gasteiger partial charge in [0.15, 0.2) is 0 Å². The Balaban J connectivity index is 2.73. The van der Waals surface area contributed by atoms with Crippen LogP contribution in [0, 0.1) is 11.8 Å². The van der Waals surface area contributed by atoms with E-state index in [9.17, 15) is 9.59 Å². The maximum atomic E-state index is 12.4. The van der Waals surface area contributed by atoms with E-state index in [-0.39, 0.29) is 18.6 Å². The summed E-state index contributed by atoms with van der Waals surface area (Å²) in [5.41, 5.74) is -0.508. The van der Waals surface area contributed by atoms with Gasteiger partial charge in [0, 0.05) is 11.6 Å². The van der Waals surface area contributed by atoms with E-state index in [0.29, 0.717) is 11.8 Å². The lowest BCUT2D eigenvalue weighted by Crippen LogP contribution is -2.56. The van der Waals surface area contributed by atoms with Crippen LogP contribution in [0.15, 0.2) is 0 Å². The normalized spacial score (nSPS) is 26.9. The number of nitrogens with one attached hydrogen (secondary N) is 1. The summed E-state index contributed by atoms with van der Waals surface area (Å²) in [6.07, 6.45) is 3.29. The Morgan fingerprint density at radius 1 is 1.25 bits per heavy atom. The van der Waals surface area contributed by atoms with Gasteiger partial charge in [0.25, 0.3) is 0 Å². The van der Waals surface area contributed by atoms with Crippen LogP contribution in [-0.4, -0.2) is 40.1 Å². The summed E-state index contributed by atoms with van der Waals surface area (Å²) in [5.74, 6) is 0.0380. The Labute approximate surface area is 121 Å². The molecule has 2 amide bonds. The molecular weight excluding hydrogens is 256 g/mol. The second kappa shape index (κ2) is 6.46. The molecule has 1 fully saturated rings. The van der Waals surface area contributed by atoms with E-state index in [1.807, 2.05) is 20.8 Å². The smallest absolute Gasteiger partial charge is 0.323 e. The third-order valence-electron chi connectivity index (χ3n) is 4.36. The highest BCUT2D eigenvalue weighted by molar-refractivity contribution is 5.81. The van der Waals surface area contributed by atoms with Gasteiger partial charge in [-0.15, -0.1) is 0 Å². The Bertz CT molecular complexity index is 363. The Kier molecular flexibility index (Phi) is 5.42. The molecular formula is C15H28N2O3. The molecule has 0 aromatic carbocycles. The lowest BCUT2D eigenvalue weighted by molar-refractivity contribution is -0.138. The molecule has 3 unspecified atom stereocenters. The summed E-state index contributed by atoms with van der Waals surface area (Å²) >= 11 is 0. The molecule has 116 valence electrons. The second-order valence-corrected chi connectivity index (χ2v) is 6.97. The van der Waals surface area contributed by atoms with Crippen molar-refractivity contribution in [2.75, 3.05) is 6.54 Å². The highest BCUT2D eigenvalue weighted by atomic mass is 16.4. The third kappa shape index (κ3) is 4.39. The van der Waals surface area contributed by atoms with E-state index in [0.717, 1.165) is 12.8 Å². The summed E-state index contributed by atoms with van der Waals surface area (Å²) in [6, 6.07) is -0.129. The van der Waals surface area contributed by atoms with E-state index in [4.69, 9.17) is 5.11 Å². The predicted octanol–water partition coefficient (Wildman–Crippen LogP) is 2.71. The summed E-state index contributed by atoms with van der Waals surface area (Å²) in [5, 5.41) is 12.0. The molecule has 0 heterocycles. The van der Waals surface area contributed by atoms with Crippen LogP contribution in [0.1, 0.15) is 53.9 Å². The standard InChI is InChI=1S/C15H28N2O3/c1-10-7-6-8-12(11(10)2)16-14(20)17(9-13(18)19)15(3,4)5/h10-12H,6-9H2,1-5H3,(H,16,20)(H,18,19). The maximum Gasteiger partial charge on any atom is 0.323 e. The van der Waals surface area contributed by atoms with Gasteiger partial charge >= 0.3 is 12.0 Å². The van der Waals surface area contributed by atoms with Gasteiger partial charge in [-0.2, -0.15) is 0 Å². The minimum atomic E-state index is -0.986.